The average Bonchev–Trinajstić information content (AvgIpc) is 2.13. The van der Waals surface area contributed by atoms with Crippen LogP contribution in [0, 0.1) is 5.92 Å². The minimum atomic E-state index is 0.752. The van der Waals surface area contributed by atoms with Gasteiger partial charge in [0.15, 0.2) is 0 Å². The van der Waals surface area contributed by atoms with Crippen molar-refractivity contribution < 1.29 is 4.79 Å². The summed E-state index contributed by atoms with van der Waals surface area (Å²) in [5.74, 6) is 0.859. The molecule has 0 bridgehead atoms. The van der Waals surface area contributed by atoms with Crippen molar-refractivity contribution in [3.8, 4) is 0 Å². The smallest absolute Gasteiger partial charge is 0.119 e. The summed E-state index contributed by atoms with van der Waals surface area (Å²) in [5.41, 5.74) is 0. The molecular formula is C12H24O. The molecule has 0 heterocycles. The summed E-state index contributed by atoms with van der Waals surface area (Å²) in [6, 6.07) is 0. The van der Waals surface area contributed by atoms with Crippen LogP contribution in [0.5, 0.6) is 0 Å². The van der Waals surface area contributed by atoms with Crippen LogP contribution < -0.4 is 0 Å². The van der Waals surface area contributed by atoms with Crippen molar-refractivity contribution in [2.24, 2.45) is 5.92 Å². The molecule has 0 aliphatic rings. The molecule has 0 aromatic carbocycles. The second kappa shape index (κ2) is 9.76. The number of unbranched alkanes of at least 4 members (excludes halogenated alkanes) is 4. The third-order valence-corrected chi connectivity index (χ3v) is 2.57. The third kappa shape index (κ3) is 9.59. The maximum absolute atomic E-state index is 10.1. The predicted molar refractivity (Wildman–Crippen MR) is 57.8 cm³/mol. The monoisotopic (exact) mass is 184 g/mol. The molecule has 0 amide bonds. The van der Waals surface area contributed by atoms with Crippen molar-refractivity contribution in [2.75, 3.05) is 0 Å². The minimum Gasteiger partial charge on any atom is -0.303 e. The fourth-order valence-electron chi connectivity index (χ4n) is 1.61. The first-order chi connectivity index (χ1) is 6.31. The van der Waals surface area contributed by atoms with Crippen LogP contribution in [0.15, 0.2) is 0 Å². The topological polar surface area (TPSA) is 17.1 Å². The zero-order valence-corrected chi connectivity index (χ0v) is 9.22. The van der Waals surface area contributed by atoms with Gasteiger partial charge in [-0.3, -0.25) is 0 Å². The van der Waals surface area contributed by atoms with Crippen molar-refractivity contribution in [2.45, 2.75) is 65.2 Å². The molecule has 0 N–H and O–H groups in total. The van der Waals surface area contributed by atoms with Crippen molar-refractivity contribution in [1.82, 2.24) is 0 Å². The standard InChI is InChI=1S/C12H24O/c1-3-4-6-9-12(2)10-7-5-8-11-13/h11-12H,3-10H2,1-2H3. The van der Waals surface area contributed by atoms with Gasteiger partial charge in [0, 0.05) is 6.42 Å². The lowest BCUT2D eigenvalue weighted by molar-refractivity contribution is -0.107. The van der Waals surface area contributed by atoms with Gasteiger partial charge >= 0.3 is 0 Å². The Labute approximate surface area is 82.9 Å². The minimum absolute atomic E-state index is 0.752. The van der Waals surface area contributed by atoms with Crippen molar-refractivity contribution in [3.63, 3.8) is 0 Å². The molecular weight excluding hydrogens is 160 g/mol. The number of carbonyl (C=O) groups excluding carboxylic acids is 1. The SMILES string of the molecule is CCCCCC(C)CCCCC=O. The van der Waals surface area contributed by atoms with Crippen LogP contribution >= 0.6 is 0 Å². The van der Waals surface area contributed by atoms with Gasteiger partial charge in [0.05, 0.1) is 0 Å². The normalized spacial score (nSPS) is 12.8. The van der Waals surface area contributed by atoms with Crippen LogP contribution in [0.1, 0.15) is 65.2 Å². The summed E-state index contributed by atoms with van der Waals surface area (Å²) in [5, 5.41) is 0. The quantitative estimate of drug-likeness (QED) is 0.391. The first-order valence-electron chi connectivity index (χ1n) is 5.74. The Morgan fingerprint density at radius 1 is 1.08 bits per heavy atom. The summed E-state index contributed by atoms with van der Waals surface area (Å²) < 4.78 is 0. The summed E-state index contributed by atoms with van der Waals surface area (Å²) >= 11 is 0. The van der Waals surface area contributed by atoms with E-state index in [0.717, 1.165) is 25.0 Å². The molecule has 78 valence electrons. The molecule has 0 aliphatic heterocycles. The first-order valence-corrected chi connectivity index (χ1v) is 5.74. The molecule has 0 radical (unpaired) electrons. The Bertz CT molecular complexity index is 110. The lowest BCUT2D eigenvalue weighted by Crippen LogP contribution is -1.94. The highest BCUT2D eigenvalue weighted by Crippen LogP contribution is 2.16. The van der Waals surface area contributed by atoms with E-state index in [4.69, 9.17) is 0 Å². The number of hydrogen-bond donors (Lipinski definition) is 0. The van der Waals surface area contributed by atoms with E-state index in [1.54, 1.807) is 0 Å². The molecule has 0 aromatic rings. The molecule has 0 fully saturated rings. The third-order valence-electron chi connectivity index (χ3n) is 2.57. The average molecular weight is 184 g/mol. The molecule has 0 rings (SSSR count). The Hall–Kier alpha value is -0.330. The molecule has 0 aliphatic carbocycles. The van der Waals surface area contributed by atoms with Crippen LogP contribution in [-0.2, 0) is 4.79 Å². The second-order valence-electron chi connectivity index (χ2n) is 4.05. The molecule has 13 heavy (non-hydrogen) atoms. The van der Waals surface area contributed by atoms with E-state index >= 15 is 0 Å². The first kappa shape index (κ1) is 12.7. The van der Waals surface area contributed by atoms with Gasteiger partial charge in [-0.25, -0.2) is 0 Å². The van der Waals surface area contributed by atoms with E-state index in [1.165, 1.54) is 38.5 Å². The molecule has 0 spiro atoms. The summed E-state index contributed by atoms with van der Waals surface area (Å²) in [6.45, 7) is 4.57. The molecule has 0 saturated carbocycles. The Balaban J connectivity index is 3.09. The molecule has 1 heteroatoms. The van der Waals surface area contributed by atoms with E-state index in [0.29, 0.717) is 0 Å². The van der Waals surface area contributed by atoms with Crippen LogP contribution in [0.25, 0.3) is 0 Å². The molecule has 0 saturated heterocycles. The molecule has 0 aromatic heterocycles. The molecule has 1 unspecified atom stereocenters. The van der Waals surface area contributed by atoms with Gasteiger partial charge in [-0.1, -0.05) is 52.4 Å². The number of carbonyl (C=O) groups is 1. The van der Waals surface area contributed by atoms with Crippen LogP contribution in [-0.4, -0.2) is 6.29 Å². The van der Waals surface area contributed by atoms with Crippen molar-refractivity contribution in [1.29, 1.82) is 0 Å². The maximum Gasteiger partial charge on any atom is 0.119 e. The van der Waals surface area contributed by atoms with Crippen LogP contribution in [0.3, 0.4) is 0 Å². The van der Waals surface area contributed by atoms with E-state index in [-0.39, 0.29) is 0 Å². The molecule has 1 atom stereocenters. The number of aldehydes is 1. The van der Waals surface area contributed by atoms with E-state index in [1.807, 2.05) is 0 Å². The predicted octanol–water partition coefficient (Wildman–Crippen LogP) is 3.96. The zero-order chi connectivity index (χ0) is 9.94. The van der Waals surface area contributed by atoms with Gasteiger partial charge in [0.1, 0.15) is 6.29 Å². The Kier molecular flexibility index (Phi) is 9.51. The highest BCUT2D eigenvalue weighted by molar-refractivity contribution is 5.48. The highest BCUT2D eigenvalue weighted by atomic mass is 16.1. The summed E-state index contributed by atoms with van der Waals surface area (Å²) in [7, 11) is 0. The largest absolute Gasteiger partial charge is 0.303 e. The maximum atomic E-state index is 10.1. The number of rotatable bonds is 9. The fourth-order valence-corrected chi connectivity index (χ4v) is 1.61. The van der Waals surface area contributed by atoms with E-state index < -0.39 is 0 Å². The van der Waals surface area contributed by atoms with Gasteiger partial charge in [-0.15, -0.1) is 0 Å². The van der Waals surface area contributed by atoms with Gasteiger partial charge < -0.3 is 4.79 Å². The van der Waals surface area contributed by atoms with Gasteiger partial charge in [-0.2, -0.15) is 0 Å². The van der Waals surface area contributed by atoms with Gasteiger partial charge in [0.2, 0.25) is 0 Å². The van der Waals surface area contributed by atoms with Gasteiger partial charge in [-0.05, 0) is 12.3 Å². The lowest BCUT2D eigenvalue weighted by atomic mass is 9.97. The fraction of sp³-hybridized carbons (Fsp3) is 0.917. The van der Waals surface area contributed by atoms with Gasteiger partial charge in [0.25, 0.3) is 0 Å². The Morgan fingerprint density at radius 3 is 2.23 bits per heavy atom. The van der Waals surface area contributed by atoms with Crippen LogP contribution in [0.4, 0.5) is 0 Å². The summed E-state index contributed by atoms with van der Waals surface area (Å²) in [6.07, 6.45) is 10.8. The number of hydrogen-bond acceptors (Lipinski definition) is 1. The lowest BCUT2D eigenvalue weighted by Gasteiger charge is -2.09. The second-order valence-corrected chi connectivity index (χ2v) is 4.05. The van der Waals surface area contributed by atoms with Crippen molar-refractivity contribution in [3.05, 3.63) is 0 Å². The van der Waals surface area contributed by atoms with Crippen molar-refractivity contribution >= 4 is 6.29 Å². The Morgan fingerprint density at radius 2 is 1.69 bits per heavy atom. The van der Waals surface area contributed by atoms with E-state index in [2.05, 4.69) is 13.8 Å². The molecule has 1 nitrogen and oxygen atoms in total. The zero-order valence-electron chi connectivity index (χ0n) is 9.22. The summed E-state index contributed by atoms with van der Waals surface area (Å²) in [4.78, 5) is 10.1. The highest BCUT2D eigenvalue weighted by Gasteiger charge is 2.00. The van der Waals surface area contributed by atoms with E-state index in [9.17, 15) is 4.79 Å². The van der Waals surface area contributed by atoms with Crippen LogP contribution in [0.2, 0.25) is 0 Å².